The number of hydrogen-bond donors (Lipinski definition) is 2. The van der Waals surface area contributed by atoms with Crippen LogP contribution in [0.4, 0.5) is 0 Å². The third-order valence-corrected chi connectivity index (χ3v) is 3.06. The van der Waals surface area contributed by atoms with Crippen molar-refractivity contribution in [2.24, 2.45) is 11.7 Å². The summed E-state index contributed by atoms with van der Waals surface area (Å²) in [4.78, 5) is 22.9. The Morgan fingerprint density at radius 1 is 1.35 bits per heavy atom. The van der Waals surface area contributed by atoms with Crippen molar-refractivity contribution >= 4 is 11.9 Å². The maximum Gasteiger partial charge on any atom is 0.327 e. The molecule has 17 heavy (non-hydrogen) atoms. The molecule has 5 heteroatoms. The number of carboxylic acids is 1. The van der Waals surface area contributed by atoms with Crippen molar-refractivity contribution in [3.63, 3.8) is 0 Å². The van der Waals surface area contributed by atoms with Crippen LogP contribution in [0.5, 0.6) is 0 Å². The van der Waals surface area contributed by atoms with Crippen LogP contribution in [-0.2, 0) is 14.3 Å². The van der Waals surface area contributed by atoms with E-state index in [0.717, 1.165) is 19.3 Å². The average molecular weight is 243 g/mol. The number of carboxylic acid groups (broad SMARTS) is 1. The molecule has 5 nitrogen and oxygen atoms in total. The van der Waals surface area contributed by atoms with Crippen molar-refractivity contribution in [1.29, 1.82) is 0 Å². The quantitative estimate of drug-likeness (QED) is 0.726. The first-order valence-corrected chi connectivity index (χ1v) is 5.89. The number of esters is 1. The molecule has 0 bridgehead atoms. The van der Waals surface area contributed by atoms with Gasteiger partial charge in [0.25, 0.3) is 0 Å². The number of rotatable bonds is 4. The van der Waals surface area contributed by atoms with Gasteiger partial charge < -0.3 is 15.6 Å². The first kappa shape index (κ1) is 14.0. The minimum absolute atomic E-state index is 0.0755. The van der Waals surface area contributed by atoms with Crippen LogP contribution in [0.1, 0.15) is 46.5 Å². The lowest BCUT2D eigenvalue weighted by molar-refractivity contribution is -0.169. The molecule has 0 aromatic rings. The van der Waals surface area contributed by atoms with Crippen LogP contribution >= 0.6 is 0 Å². The molecular weight excluding hydrogens is 222 g/mol. The molecule has 3 N–H and O–H groups in total. The van der Waals surface area contributed by atoms with Crippen molar-refractivity contribution < 1.29 is 19.4 Å². The molecular formula is C12H21NO4. The molecule has 0 amide bonds. The molecule has 1 unspecified atom stereocenters. The molecule has 1 rings (SSSR count). The zero-order chi connectivity index (χ0) is 13.3. The lowest BCUT2D eigenvalue weighted by Crippen LogP contribution is -2.59. The highest BCUT2D eigenvalue weighted by Gasteiger charge is 2.48. The summed E-state index contributed by atoms with van der Waals surface area (Å²) in [6.07, 6.45) is 2.21. The molecule has 1 aliphatic carbocycles. The third kappa shape index (κ3) is 3.43. The Morgan fingerprint density at radius 3 is 2.18 bits per heavy atom. The summed E-state index contributed by atoms with van der Waals surface area (Å²) in [6, 6.07) is 0. The molecule has 0 radical (unpaired) electrons. The van der Waals surface area contributed by atoms with Crippen LogP contribution in [0.25, 0.3) is 0 Å². The molecule has 0 heterocycles. The van der Waals surface area contributed by atoms with Crippen LogP contribution in [0.15, 0.2) is 0 Å². The highest BCUT2D eigenvalue weighted by molar-refractivity contribution is 5.87. The van der Waals surface area contributed by atoms with E-state index < -0.39 is 23.1 Å². The zero-order valence-corrected chi connectivity index (χ0v) is 10.7. The minimum Gasteiger partial charge on any atom is -0.481 e. The van der Waals surface area contributed by atoms with E-state index in [1.807, 2.05) is 0 Å². The van der Waals surface area contributed by atoms with E-state index in [2.05, 4.69) is 0 Å². The number of nitrogens with two attached hydrogens (primary N) is 1. The molecule has 0 aromatic heterocycles. The van der Waals surface area contributed by atoms with Crippen molar-refractivity contribution in [3.05, 3.63) is 0 Å². The highest BCUT2D eigenvalue weighted by Crippen LogP contribution is 2.38. The van der Waals surface area contributed by atoms with Gasteiger partial charge in [0.15, 0.2) is 0 Å². The summed E-state index contributed by atoms with van der Waals surface area (Å²) in [5.41, 5.74) is 3.97. The van der Waals surface area contributed by atoms with Gasteiger partial charge in [0.05, 0.1) is 6.42 Å². The van der Waals surface area contributed by atoms with Crippen molar-refractivity contribution in [1.82, 2.24) is 0 Å². The first-order chi connectivity index (χ1) is 7.65. The van der Waals surface area contributed by atoms with Gasteiger partial charge in [-0.25, -0.2) is 0 Å². The van der Waals surface area contributed by atoms with Crippen LogP contribution in [0.3, 0.4) is 0 Å². The van der Waals surface area contributed by atoms with Crippen LogP contribution in [0, 0.1) is 5.92 Å². The van der Waals surface area contributed by atoms with E-state index in [9.17, 15) is 9.59 Å². The van der Waals surface area contributed by atoms with E-state index in [4.69, 9.17) is 15.6 Å². The smallest absolute Gasteiger partial charge is 0.327 e. The summed E-state index contributed by atoms with van der Waals surface area (Å²) in [5.74, 6) is -1.74. The SMILES string of the molecule is CC(C)(C)OC(=O)C(N)(CC(=O)O)C1CCC1. The van der Waals surface area contributed by atoms with Gasteiger partial charge in [0.2, 0.25) is 0 Å². The van der Waals surface area contributed by atoms with Gasteiger partial charge in [-0.15, -0.1) is 0 Å². The zero-order valence-electron chi connectivity index (χ0n) is 10.7. The third-order valence-electron chi connectivity index (χ3n) is 3.06. The number of carbonyl (C=O) groups excluding carboxylic acids is 1. The van der Waals surface area contributed by atoms with E-state index >= 15 is 0 Å². The Morgan fingerprint density at radius 2 is 1.88 bits per heavy atom. The maximum absolute atomic E-state index is 12.0. The Labute approximate surface area is 101 Å². The van der Waals surface area contributed by atoms with Gasteiger partial charge in [-0.1, -0.05) is 6.42 Å². The minimum atomic E-state index is -1.38. The monoisotopic (exact) mass is 243 g/mol. The molecule has 98 valence electrons. The molecule has 1 aliphatic rings. The van der Waals surface area contributed by atoms with Crippen LogP contribution in [-0.4, -0.2) is 28.2 Å². The predicted octanol–water partition coefficient (Wildman–Crippen LogP) is 1.30. The predicted molar refractivity (Wildman–Crippen MR) is 62.4 cm³/mol. The maximum atomic E-state index is 12.0. The Bertz CT molecular complexity index is 317. The summed E-state index contributed by atoms with van der Waals surface area (Å²) in [5, 5.41) is 8.88. The summed E-state index contributed by atoms with van der Waals surface area (Å²) >= 11 is 0. The summed E-state index contributed by atoms with van der Waals surface area (Å²) < 4.78 is 5.23. The normalized spacial score (nSPS) is 20.2. The second-order valence-corrected chi connectivity index (χ2v) is 5.74. The summed E-state index contributed by atoms with van der Waals surface area (Å²) in [6.45, 7) is 5.23. The van der Waals surface area contributed by atoms with Gasteiger partial charge in [-0.05, 0) is 39.5 Å². The lowest BCUT2D eigenvalue weighted by Gasteiger charge is -2.41. The van der Waals surface area contributed by atoms with E-state index in [1.54, 1.807) is 20.8 Å². The van der Waals surface area contributed by atoms with Gasteiger partial charge in [-0.3, -0.25) is 9.59 Å². The van der Waals surface area contributed by atoms with E-state index in [0.29, 0.717) is 0 Å². The Balaban J connectivity index is 2.81. The Hall–Kier alpha value is -1.10. The van der Waals surface area contributed by atoms with Gasteiger partial charge in [0.1, 0.15) is 11.1 Å². The molecule has 1 atom stereocenters. The number of hydrogen-bond acceptors (Lipinski definition) is 4. The Kier molecular flexibility index (Phi) is 3.81. The van der Waals surface area contributed by atoms with Crippen molar-refractivity contribution in [2.75, 3.05) is 0 Å². The van der Waals surface area contributed by atoms with Crippen molar-refractivity contribution in [2.45, 2.75) is 57.6 Å². The molecule has 1 fully saturated rings. The molecule has 0 spiro atoms. The number of aliphatic carboxylic acids is 1. The molecule has 0 aliphatic heterocycles. The van der Waals surface area contributed by atoms with Gasteiger partial charge in [0, 0.05) is 0 Å². The number of ether oxygens (including phenoxy) is 1. The van der Waals surface area contributed by atoms with E-state index in [-0.39, 0.29) is 12.3 Å². The largest absolute Gasteiger partial charge is 0.481 e. The van der Waals surface area contributed by atoms with Gasteiger partial charge in [-0.2, -0.15) is 0 Å². The topological polar surface area (TPSA) is 89.6 Å². The molecule has 0 aromatic carbocycles. The van der Waals surface area contributed by atoms with Crippen LogP contribution in [0.2, 0.25) is 0 Å². The lowest BCUT2D eigenvalue weighted by atomic mass is 9.69. The standard InChI is InChI=1S/C12H21NO4/c1-11(2,3)17-10(16)12(13,7-9(14)15)8-5-4-6-8/h8H,4-7,13H2,1-3H3,(H,14,15). The van der Waals surface area contributed by atoms with Crippen LogP contribution < -0.4 is 5.73 Å². The second-order valence-electron chi connectivity index (χ2n) is 5.74. The number of carbonyl (C=O) groups is 2. The first-order valence-electron chi connectivity index (χ1n) is 5.89. The molecule has 1 saturated carbocycles. The highest BCUT2D eigenvalue weighted by atomic mass is 16.6. The summed E-state index contributed by atoms with van der Waals surface area (Å²) in [7, 11) is 0. The fraction of sp³-hybridized carbons (Fsp3) is 0.833. The fourth-order valence-electron chi connectivity index (χ4n) is 1.93. The second kappa shape index (κ2) is 4.64. The fourth-order valence-corrected chi connectivity index (χ4v) is 1.93. The van der Waals surface area contributed by atoms with E-state index in [1.165, 1.54) is 0 Å². The average Bonchev–Trinajstić information content (AvgIpc) is 1.94. The molecule has 0 saturated heterocycles. The van der Waals surface area contributed by atoms with Gasteiger partial charge >= 0.3 is 11.9 Å². The van der Waals surface area contributed by atoms with Crippen molar-refractivity contribution in [3.8, 4) is 0 Å².